The van der Waals surface area contributed by atoms with Crippen LogP contribution in [0.4, 0.5) is 18.9 Å². The highest BCUT2D eigenvalue weighted by molar-refractivity contribution is 5.37. The van der Waals surface area contributed by atoms with Crippen LogP contribution < -0.4 is 5.32 Å². The molecule has 6 heteroatoms. The molecule has 1 N–H and O–H groups in total. The lowest BCUT2D eigenvalue weighted by molar-refractivity contribution is -0.142. The van der Waals surface area contributed by atoms with E-state index in [0.29, 0.717) is 11.6 Å². The molecule has 0 aliphatic rings. The average molecular weight is 221 g/mol. The minimum absolute atomic E-state index is 0.441. The van der Waals surface area contributed by atoms with Crippen molar-refractivity contribution in [2.45, 2.75) is 26.6 Å². The van der Waals surface area contributed by atoms with Crippen LogP contribution in [0.25, 0.3) is 0 Å². The van der Waals surface area contributed by atoms with Crippen LogP contribution in [0.15, 0.2) is 12.4 Å². The third kappa shape index (κ3) is 4.71. The smallest absolute Gasteiger partial charge is 0.382 e. The highest BCUT2D eigenvalue weighted by Crippen LogP contribution is 2.18. The van der Waals surface area contributed by atoms with E-state index < -0.39 is 12.7 Å². The first kappa shape index (κ1) is 11.9. The van der Waals surface area contributed by atoms with Gasteiger partial charge in [-0.1, -0.05) is 13.8 Å². The van der Waals surface area contributed by atoms with Crippen LogP contribution in [-0.2, 0) is 6.54 Å². The van der Waals surface area contributed by atoms with Gasteiger partial charge in [-0.3, -0.25) is 4.68 Å². The van der Waals surface area contributed by atoms with Crippen molar-refractivity contribution in [3.8, 4) is 0 Å². The van der Waals surface area contributed by atoms with Crippen LogP contribution in [0.1, 0.15) is 13.8 Å². The molecular formula is C9H14F3N3. The lowest BCUT2D eigenvalue weighted by Gasteiger charge is -2.06. The van der Waals surface area contributed by atoms with Gasteiger partial charge in [0, 0.05) is 12.7 Å². The van der Waals surface area contributed by atoms with Crippen LogP contribution in [0.3, 0.4) is 0 Å². The standard InChI is InChI=1S/C9H14F3N3/c1-7(2)3-13-8-4-14-15(5-8)6-9(10,11)12/h4-5,7,13H,3,6H2,1-2H3. The van der Waals surface area contributed by atoms with Crippen LogP contribution >= 0.6 is 0 Å². The first-order valence-corrected chi connectivity index (χ1v) is 4.70. The summed E-state index contributed by atoms with van der Waals surface area (Å²) in [5.41, 5.74) is 0.618. The lowest BCUT2D eigenvalue weighted by Crippen LogP contribution is -2.17. The second-order valence-corrected chi connectivity index (χ2v) is 3.82. The van der Waals surface area contributed by atoms with Crippen LogP contribution in [0.5, 0.6) is 0 Å². The minimum Gasteiger partial charge on any atom is -0.382 e. The maximum atomic E-state index is 12.0. The van der Waals surface area contributed by atoms with Crippen molar-refractivity contribution in [3.63, 3.8) is 0 Å². The van der Waals surface area contributed by atoms with E-state index in [1.54, 1.807) is 0 Å². The molecule has 0 aliphatic carbocycles. The fraction of sp³-hybridized carbons (Fsp3) is 0.667. The van der Waals surface area contributed by atoms with Gasteiger partial charge in [-0.05, 0) is 5.92 Å². The quantitative estimate of drug-likeness (QED) is 0.846. The number of alkyl halides is 3. The molecule has 0 unspecified atom stereocenters. The Morgan fingerprint density at radius 1 is 1.47 bits per heavy atom. The van der Waals surface area contributed by atoms with Crippen molar-refractivity contribution in [2.24, 2.45) is 5.92 Å². The zero-order valence-electron chi connectivity index (χ0n) is 8.67. The van der Waals surface area contributed by atoms with E-state index in [1.165, 1.54) is 12.4 Å². The summed E-state index contributed by atoms with van der Waals surface area (Å²) in [7, 11) is 0. The van der Waals surface area contributed by atoms with E-state index in [-0.39, 0.29) is 0 Å². The Kier molecular flexibility index (Phi) is 3.60. The van der Waals surface area contributed by atoms with Crippen LogP contribution in [0.2, 0.25) is 0 Å². The number of nitrogens with one attached hydrogen (secondary N) is 1. The summed E-state index contributed by atoms with van der Waals surface area (Å²) in [6.07, 6.45) is -1.47. The summed E-state index contributed by atoms with van der Waals surface area (Å²) in [6, 6.07) is 0. The third-order valence-electron chi connectivity index (χ3n) is 1.69. The molecule has 0 aliphatic heterocycles. The topological polar surface area (TPSA) is 29.9 Å². The van der Waals surface area contributed by atoms with Crippen molar-refractivity contribution in [1.82, 2.24) is 9.78 Å². The van der Waals surface area contributed by atoms with Gasteiger partial charge in [-0.25, -0.2) is 0 Å². The largest absolute Gasteiger partial charge is 0.408 e. The van der Waals surface area contributed by atoms with Crippen molar-refractivity contribution in [1.29, 1.82) is 0 Å². The summed E-state index contributed by atoms with van der Waals surface area (Å²) in [5.74, 6) is 0.441. The Morgan fingerprint density at radius 2 is 2.13 bits per heavy atom. The molecule has 0 fully saturated rings. The first-order chi connectivity index (χ1) is 6.87. The molecule has 1 aromatic rings. The molecule has 86 valence electrons. The predicted octanol–water partition coefficient (Wildman–Crippen LogP) is 2.51. The molecule has 0 atom stereocenters. The summed E-state index contributed by atoms with van der Waals surface area (Å²) in [4.78, 5) is 0. The van der Waals surface area contributed by atoms with Crippen LogP contribution in [-0.4, -0.2) is 22.5 Å². The predicted molar refractivity (Wildman–Crippen MR) is 51.6 cm³/mol. The fourth-order valence-corrected chi connectivity index (χ4v) is 1.05. The normalized spacial score (nSPS) is 12.1. The summed E-state index contributed by atoms with van der Waals surface area (Å²) < 4.78 is 36.8. The van der Waals surface area contributed by atoms with E-state index >= 15 is 0 Å². The number of hydrogen-bond acceptors (Lipinski definition) is 2. The van der Waals surface area contributed by atoms with Gasteiger partial charge in [0.15, 0.2) is 0 Å². The number of aromatic nitrogens is 2. The highest BCUT2D eigenvalue weighted by atomic mass is 19.4. The molecule has 1 rings (SSSR count). The van der Waals surface area contributed by atoms with Gasteiger partial charge < -0.3 is 5.32 Å². The van der Waals surface area contributed by atoms with Gasteiger partial charge in [0.25, 0.3) is 0 Å². The molecule has 15 heavy (non-hydrogen) atoms. The number of nitrogens with zero attached hydrogens (tertiary/aromatic N) is 2. The molecule has 0 radical (unpaired) electrons. The Hall–Kier alpha value is -1.20. The molecule has 0 bridgehead atoms. The first-order valence-electron chi connectivity index (χ1n) is 4.70. The molecule has 0 spiro atoms. The lowest BCUT2D eigenvalue weighted by atomic mass is 10.2. The maximum absolute atomic E-state index is 12.0. The Balaban J connectivity index is 2.49. The Bertz CT molecular complexity index is 304. The molecule has 3 nitrogen and oxygen atoms in total. The van der Waals surface area contributed by atoms with E-state index in [1.807, 2.05) is 13.8 Å². The monoisotopic (exact) mass is 221 g/mol. The second kappa shape index (κ2) is 4.55. The van der Waals surface area contributed by atoms with E-state index in [0.717, 1.165) is 11.2 Å². The summed E-state index contributed by atoms with van der Waals surface area (Å²) >= 11 is 0. The number of anilines is 1. The molecule has 1 heterocycles. The molecule has 0 saturated carbocycles. The second-order valence-electron chi connectivity index (χ2n) is 3.82. The van der Waals surface area contributed by atoms with Crippen molar-refractivity contribution in [3.05, 3.63) is 12.4 Å². The van der Waals surface area contributed by atoms with E-state index in [9.17, 15) is 13.2 Å². The van der Waals surface area contributed by atoms with Gasteiger partial charge in [-0.15, -0.1) is 0 Å². The fourth-order valence-electron chi connectivity index (χ4n) is 1.05. The number of rotatable bonds is 4. The van der Waals surface area contributed by atoms with Gasteiger partial charge in [0.1, 0.15) is 6.54 Å². The zero-order chi connectivity index (χ0) is 11.5. The van der Waals surface area contributed by atoms with Gasteiger partial charge in [0.05, 0.1) is 11.9 Å². The molecular weight excluding hydrogens is 207 g/mol. The number of hydrogen-bond donors (Lipinski definition) is 1. The zero-order valence-corrected chi connectivity index (χ0v) is 8.67. The van der Waals surface area contributed by atoms with Crippen molar-refractivity contribution < 1.29 is 13.2 Å². The Labute approximate surface area is 86.3 Å². The Morgan fingerprint density at radius 3 is 2.67 bits per heavy atom. The summed E-state index contributed by atoms with van der Waals surface area (Å²) in [6.45, 7) is 3.72. The van der Waals surface area contributed by atoms with Crippen LogP contribution in [0, 0.1) is 5.92 Å². The molecule has 0 saturated heterocycles. The van der Waals surface area contributed by atoms with Crippen molar-refractivity contribution >= 4 is 5.69 Å². The molecule has 1 aromatic heterocycles. The number of halogens is 3. The molecule has 0 amide bonds. The maximum Gasteiger partial charge on any atom is 0.408 e. The van der Waals surface area contributed by atoms with Gasteiger partial charge >= 0.3 is 6.18 Å². The van der Waals surface area contributed by atoms with Crippen molar-refractivity contribution in [2.75, 3.05) is 11.9 Å². The third-order valence-corrected chi connectivity index (χ3v) is 1.69. The van der Waals surface area contributed by atoms with Gasteiger partial charge in [0.2, 0.25) is 0 Å². The van der Waals surface area contributed by atoms with E-state index in [2.05, 4.69) is 10.4 Å². The SMILES string of the molecule is CC(C)CNc1cnn(CC(F)(F)F)c1. The summed E-state index contributed by atoms with van der Waals surface area (Å²) in [5, 5.41) is 6.61. The average Bonchev–Trinajstić information content (AvgIpc) is 2.45. The highest BCUT2D eigenvalue weighted by Gasteiger charge is 2.28. The molecule has 0 aromatic carbocycles. The van der Waals surface area contributed by atoms with E-state index in [4.69, 9.17) is 0 Å². The van der Waals surface area contributed by atoms with Gasteiger partial charge in [-0.2, -0.15) is 18.3 Å². The minimum atomic E-state index is -4.22.